The molecule has 0 rings (SSSR count). The van der Waals surface area contributed by atoms with Crippen molar-refractivity contribution in [1.82, 2.24) is 0 Å². The van der Waals surface area contributed by atoms with Crippen molar-refractivity contribution < 1.29 is 9.53 Å². The number of hydrogen-bond donors (Lipinski definition) is 0. The van der Waals surface area contributed by atoms with Crippen LogP contribution < -0.4 is 0 Å². The molecule has 0 spiro atoms. The fourth-order valence-electron chi connectivity index (χ4n) is 2.82. The smallest absolute Gasteiger partial charge is 0.305 e. The predicted molar refractivity (Wildman–Crippen MR) is 110 cm³/mol. The highest BCUT2D eigenvalue weighted by molar-refractivity contribution is 5.69. The van der Waals surface area contributed by atoms with Crippen LogP contribution in [0.2, 0.25) is 0 Å². The molecule has 0 bridgehead atoms. The lowest BCUT2D eigenvalue weighted by Crippen LogP contribution is -2.07. The van der Waals surface area contributed by atoms with E-state index in [0.717, 1.165) is 19.3 Å². The summed E-state index contributed by atoms with van der Waals surface area (Å²) in [6.45, 7) is 7.15. The van der Waals surface area contributed by atoms with Gasteiger partial charge in [0.2, 0.25) is 0 Å². The number of allylic oxidation sites excluding steroid dienone is 2. The topological polar surface area (TPSA) is 26.3 Å². The molecule has 0 unspecified atom stereocenters. The minimum atomic E-state index is -0.0134. The zero-order valence-corrected chi connectivity index (χ0v) is 17.4. The summed E-state index contributed by atoms with van der Waals surface area (Å²) in [6.07, 6.45) is 23.0. The second-order valence-corrected chi connectivity index (χ2v) is 7.74. The van der Waals surface area contributed by atoms with E-state index in [0.29, 0.717) is 18.9 Å². The Kier molecular flexibility index (Phi) is 18.9. The lowest BCUT2D eigenvalue weighted by molar-refractivity contribution is -0.144. The lowest BCUT2D eigenvalue weighted by Gasteiger charge is -2.06. The molecule has 0 aliphatic heterocycles. The molecule has 0 aromatic carbocycles. The number of carbonyl (C=O) groups excluding carboxylic acids is 1. The first-order chi connectivity index (χ1) is 12.2. The Morgan fingerprint density at radius 2 is 1.32 bits per heavy atom. The molecule has 2 nitrogen and oxygen atoms in total. The van der Waals surface area contributed by atoms with E-state index in [-0.39, 0.29) is 5.97 Å². The average Bonchev–Trinajstić information content (AvgIpc) is 2.58. The summed E-state index contributed by atoms with van der Waals surface area (Å²) in [5.41, 5.74) is 0. The van der Waals surface area contributed by atoms with E-state index in [1.54, 1.807) is 0 Å². The zero-order chi connectivity index (χ0) is 18.6. The molecule has 0 atom stereocenters. The van der Waals surface area contributed by atoms with Crippen LogP contribution in [-0.4, -0.2) is 12.6 Å². The van der Waals surface area contributed by atoms with Crippen molar-refractivity contribution in [2.45, 2.75) is 117 Å². The molecular formula is C23H44O2. The van der Waals surface area contributed by atoms with E-state index in [4.69, 9.17) is 4.74 Å². The van der Waals surface area contributed by atoms with Crippen molar-refractivity contribution in [3.63, 3.8) is 0 Å². The largest absolute Gasteiger partial charge is 0.466 e. The van der Waals surface area contributed by atoms with Crippen molar-refractivity contribution in [1.29, 1.82) is 0 Å². The average molecular weight is 353 g/mol. The van der Waals surface area contributed by atoms with Crippen LogP contribution in [0.1, 0.15) is 117 Å². The third-order valence-corrected chi connectivity index (χ3v) is 4.60. The maximum Gasteiger partial charge on any atom is 0.305 e. The number of rotatable bonds is 18. The Hall–Kier alpha value is -0.790. The summed E-state index contributed by atoms with van der Waals surface area (Å²) in [7, 11) is 0. The Balaban J connectivity index is 3.19. The van der Waals surface area contributed by atoms with Gasteiger partial charge in [0.15, 0.2) is 0 Å². The molecule has 0 heterocycles. The zero-order valence-electron chi connectivity index (χ0n) is 17.4. The van der Waals surface area contributed by atoms with Gasteiger partial charge in [0.1, 0.15) is 0 Å². The van der Waals surface area contributed by atoms with Crippen LogP contribution >= 0.6 is 0 Å². The molecule has 0 fully saturated rings. The van der Waals surface area contributed by atoms with Gasteiger partial charge in [0.25, 0.3) is 0 Å². The number of carbonyl (C=O) groups is 1. The van der Waals surface area contributed by atoms with Crippen LogP contribution in [0, 0.1) is 5.92 Å². The van der Waals surface area contributed by atoms with Gasteiger partial charge in [-0.05, 0) is 44.4 Å². The van der Waals surface area contributed by atoms with Crippen molar-refractivity contribution in [2.75, 3.05) is 6.61 Å². The van der Waals surface area contributed by atoms with E-state index in [9.17, 15) is 4.79 Å². The van der Waals surface area contributed by atoms with Gasteiger partial charge in [-0.1, -0.05) is 84.3 Å². The first-order valence-electron chi connectivity index (χ1n) is 11.0. The molecule has 2 heteroatoms. The van der Waals surface area contributed by atoms with E-state index in [2.05, 4.69) is 32.9 Å². The SMILES string of the molecule is CCCCCCCC=CCCCCCCCCC(=O)OCCC(C)C. The highest BCUT2D eigenvalue weighted by Gasteiger charge is 2.03. The Morgan fingerprint density at radius 1 is 0.800 bits per heavy atom. The summed E-state index contributed by atoms with van der Waals surface area (Å²) < 4.78 is 5.23. The first kappa shape index (κ1) is 24.2. The molecule has 148 valence electrons. The molecule has 0 aromatic heterocycles. The third-order valence-electron chi connectivity index (χ3n) is 4.60. The molecule has 0 aromatic rings. The summed E-state index contributed by atoms with van der Waals surface area (Å²) in [4.78, 5) is 11.5. The van der Waals surface area contributed by atoms with Crippen LogP contribution in [-0.2, 0) is 9.53 Å². The second kappa shape index (κ2) is 19.5. The molecule has 0 saturated carbocycles. The minimum absolute atomic E-state index is 0.0134. The van der Waals surface area contributed by atoms with E-state index in [1.165, 1.54) is 70.6 Å². The Labute approximate surface area is 157 Å². The predicted octanol–water partition coefficient (Wildman–Crippen LogP) is 7.61. The Morgan fingerprint density at radius 3 is 1.88 bits per heavy atom. The fraction of sp³-hybridized carbons (Fsp3) is 0.870. The molecule has 0 saturated heterocycles. The standard InChI is InChI=1S/C23H44O2/c1-4-5-6-7-8-9-10-11-12-13-14-15-16-17-18-19-23(24)25-21-20-22(2)3/h10-11,22H,4-9,12-21H2,1-3H3. The Bertz CT molecular complexity index is 307. The molecule has 0 amide bonds. The highest BCUT2D eigenvalue weighted by Crippen LogP contribution is 2.10. The number of esters is 1. The highest BCUT2D eigenvalue weighted by atomic mass is 16.5. The van der Waals surface area contributed by atoms with Gasteiger partial charge in [0.05, 0.1) is 6.61 Å². The van der Waals surface area contributed by atoms with Gasteiger partial charge >= 0.3 is 5.97 Å². The molecule has 0 aliphatic rings. The van der Waals surface area contributed by atoms with Crippen molar-refractivity contribution in [2.24, 2.45) is 5.92 Å². The molecule has 25 heavy (non-hydrogen) atoms. The first-order valence-corrected chi connectivity index (χ1v) is 11.0. The van der Waals surface area contributed by atoms with E-state index < -0.39 is 0 Å². The number of unbranched alkanes of at least 4 members (excludes halogenated alkanes) is 11. The van der Waals surface area contributed by atoms with Gasteiger partial charge in [0, 0.05) is 6.42 Å². The molecule has 0 aliphatic carbocycles. The van der Waals surface area contributed by atoms with Gasteiger partial charge in [-0.15, -0.1) is 0 Å². The van der Waals surface area contributed by atoms with E-state index >= 15 is 0 Å². The number of hydrogen-bond acceptors (Lipinski definition) is 2. The van der Waals surface area contributed by atoms with E-state index in [1.807, 2.05) is 0 Å². The van der Waals surface area contributed by atoms with Crippen molar-refractivity contribution in [3.05, 3.63) is 12.2 Å². The number of ether oxygens (including phenoxy) is 1. The maximum absolute atomic E-state index is 11.5. The van der Waals surface area contributed by atoms with Gasteiger partial charge < -0.3 is 4.74 Å². The van der Waals surface area contributed by atoms with Gasteiger partial charge in [-0.25, -0.2) is 0 Å². The normalized spacial score (nSPS) is 11.5. The summed E-state index contributed by atoms with van der Waals surface area (Å²) in [5, 5.41) is 0. The molecule has 0 N–H and O–H groups in total. The summed E-state index contributed by atoms with van der Waals surface area (Å²) >= 11 is 0. The molecule has 0 radical (unpaired) electrons. The fourth-order valence-corrected chi connectivity index (χ4v) is 2.82. The third kappa shape index (κ3) is 21.2. The van der Waals surface area contributed by atoms with Crippen molar-refractivity contribution >= 4 is 5.97 Å². The molecular weight excluding hydrogens is 308 g/mol. The second-order valence-electron chi connectivity index (χ2n) is 7.74. The minimum Gasteiger partial charge on any atom is -0.466 e. The van der Waals surface area contributed by atoms with Crippen LogP contribution in [0.3, 0.4) is 0 Å². The lowest BCUT2D eigenvalue weighted by atomic mass is 10.1. The van der Waals surface area contributed by atoms with Crippen molar-refractivity contribution in [3.8, 4) is 0 Å². The van der Waals surface area contributed by atoms with Crippen LogP contribution in [0.25, 0.3) is 0 Å². The maximum atomic E-state index is 11.5. The summed E-state index contributed by atoms with van der Waals surface area (Å²) in [6, 6.07) is 0. The quantitative estimate of drug-likeness (QED) is 0.144. The van der Waals surface area contributed by atoms with Gasteiger partial charge in [-0.2, -0.15) is 0 Å². The van der Waals surface area contributed by atoms with Crippen LogP contribution in [0.15, 0.2) is 12.2 Å². The van der Waals surface area contributed by atoms with Crippen LogP contribution in [0.4, 0.5) is 0 Å². The monoisotopic (exact) mass is 352 g/mol. The van der Waals surface area contributed by atoms with Crippen LogP contribution in [0.5, 0.6) is 0 Å². The van der Waals surface area contributed by atoms with Gasteiger partial charge in [-0.3, -0.25) is 4.79 Å². The summed E-state index contributed by atoms with van der Waals surface area (Å²) in [5.74, 6) is 0.592.